The number of hydrogen-bond donors (Lipinski definition) is 2. The highest BCUT2D eigenvalue weighted by Crippen LogP contribution is 2.15. The average molecular weight is 288 g/mol. The highest BCUT2D eigenvalue weighted by atomic mass is 35.5. The highest BCUT2D eigenvalue weighted by Gasteiger charge is 2.06. The number of H-pyrrole nitrogens is 1. The van der Waals surface area contributed by atoms with Crippen molar-refractivity contribution >= 4 is 28.8 Å². The van der Waals surface area contributed by atoms with E-state index in [1.807, 2.05) is 37.3 Å². The summed E-state index contributed by atoms with van der Waals surface area (Å²) >= 11 is 6.12. The van der Waals surface area contributed by atoms with Crippen molar-refractivity contribution in [2.24, 2.45) is 5.10 Å². The molecule has 0 saturated carbocycles. The summed E-state index contributed by atoms with van der Waals surface area (Å²) in [6.07, 6.45) is 1.66. The molecule has 0 spiro atoms. The minimum absolute atomic E-state index is 0.621. The molecule has 100 valence electrons. The molecule has 1 aromatic carbocycles. The van der Waals surface area contributed by atoms with Gasteiger partial charge in [-0.1, -0.05) is 34.9 Å². The lowest BCUT2D eigenvalue weighted by Gasteiger charge is -2.04. The number of aromatic nitrogens is 4. The number of hydrogen-bond acceptors (Lipinski definition) is 4. The second kappa shape index (κ2) is 5.26. The van der Waals surface area contributed by atoms with Crippen LogP contribution in [0.3, 0.4) is 0 Å². The van der Waals surface area contributed by atoms with Crippen LogP contribution in [0, 0.1) is 0 Å². The van der Waals surface area contributed by atoms with E-state index in [1.54, 1.807) is 16.9 Å². The predicted octanol–water partition coefficient (Wildman–Crippen LogP) is 2.03. The van der Waals surface area contributed by atoms with Crippen LogP contribution >= 0.6 is 11.6 Å². The topological polar surface area (TPSA) is 70.1 Å². The van der Waals surface area contributed by atoms with E-state index in [-0.39, 0.29) is 0 Å². The maximum Gasteiger partial charge on any atom is 0.325 e. The van der Waals surface area contributed by atoms with Gasteiger partial charge in [0.1, 0.15) is 0 Å². The van der Waals surface area contributed by atoms with Gasteiger partial charge in [-0.05, 0) is 19.1 Å². The zero-order valence-corrected chi connectivity index (χ0v) is 11.5. The number of nitrogens with zero attached hydrogens (tertiary/aromatic N) is 4. The maximum atomic E-state index is 6.12. The Hall–Kier alpha value is -2.47. The Kier molecular flexibility index (Phi) is 3.30. The van der Waals surface area contributed by atoms with Crippen molar-refractivity contribution in [3.63, 3.8) is 0 Å². The van der Waals surface area contributed by atoms with E-state index in [4.69, 9.17) is 11.6 Å². The van der Waals surface area contributed by atoms with Gasteiger partial charge in [0.2, 0.25) is 6.33 Å². The number of fused-ring (bicyclic) bond motifs is 1. The summed E-state index contributed by atoms with van der Waals surface area (Å²) in [7, 11) is 0. The van der Waals surface area contributed by atoms with E-state index in [9.17, 15) is 0 Å². The molecular weight excluding hydrogens is 276 g/mol. The predicted molar refractivity (Wildman–Crippen MR) is 76.8 cm³/mol. The van der Waals surface area contributed by atoms with Gasteiger partial charge in [-0.25, -0.2) is 0 Å². The SMILES string of the molecule is CC(=NNc1ccc2n[nH]c[n+]2n1)c1ccccc1Cl. The van der Waals surface area contributed by atoms with Gasteiger partial charge in [-0.3, -0.25) is 5.43 Å². The fraction of sp³-hybridized carbons (Fsp3) is 0.0769. The third-order valence-corrected chi connectivity index (χ3v) is 3.13. The van der Waals surface area contributed by atoms with Gasteiger partial charge in [0, 0.05) is 21.8 Å². The molecule has 3 aromatic rings. The number of rotatable bonds is 3. The molecule has 0 amide bonds. The van der Waals surface area contributed by atoms with E-state index in [2.05, 4.69) is 25.8 Å². The molecule has 2 heterocycles. The van der Waals surface area contributed by atoms with E-state index >= 15 is 0 Å². The molecule has 2 N–H and O–H groups in total. The smallest absolute Gasteiger partial charge is 0.259 e. The van der Waals surface area contributed by atoms with Crippen LogP contribution in [0.15, 0.2) is 47.8 Å². The van der Waals surface area contributed by atoms with Crippen LogP contribution in [0.25, 0.3) is 5.65 Å². The van der Waals surface area contributed by atoms with Crippen LogP contribution in [0.1, 0.15) is 12.5 Å². The Balaban J connectivity index is 1.84. The highest BCUT2D eigenvalue weighted by molar-refractivity contribution is 6.34. The normalized spacial score (nSPS) is 11.8. The van der Waals surface area contributed by atoms with Crippen molar-refractivity contribution in [3.05, 3.63) is 53.3 Å². The first-order chi connectivity index (χ1) is 9.74. The molecule has 2 aromatic heterocycles. The molecular formula is C13H12ClN6+. The van der Waals surface area contributed by atoms with Crippen molar-refractivity contribution in [1.82, 2.24) is 15.3 Å². The van der Waals surface area contributed by atoms with Crippen LogP contribution in [-0.2, 0) is 0 Å². The molecule has 0 atom stereocenters. The van der Waals surface area contributed by atoms with Gasteiger partial charge in [0.15, 0.2) is 5.82 Å². The summed E-state index contributed by atoms with van der Waals surface area (Å²) in [6.45, 7) is 1.89. The third kappa shape index (κ3) is 2.46. The van der Waals surface area contributed by atoms with Crippen molar-refractivity contribution in [1.29, 1.82) is 0 Å². The maximum absolute atomic E-state index is 6.12. The minimum atomic E-state index is 0.621. The molecule has 20 heavy (non-hydrogen) atoms. The molecule has 0 aliphatic heterocycles. The van der Waals surface area contributed by atoms with E-state index in [0.29, 0.717) is 10.8 Å². The number of aromatic amines is 1. The first-order valence-electron chi connectivity index (χ1n) is 6.02. The number of nitrogens with one attached hydrogen (secondary N) is 2. The molecule has 0 unspecified atom stereocenters. The second-order valence-corrected chi connectivity index (χ2v) is 4.59. The lowest BCUT2D eigenvalue weighted by molar-refractivity contribution is -0.579. The standard InChI is InChI=1S/C13H11ClN6/c1-9(10-4-2-3-5-11(10)14)16-17-12-6-7-13-18-15-8-20(13)19-12/h2-8H,1H3,(H,17,19)/p+1. The number of benzene rings is 1. The summed E-state index contributed by atoms with van der Waals surface area (Å²) in [4.78, 5) is 0. The summed E-state index contributed by atoms with van der Waals surface area (Å²) in [5.74, 6) is 0.621. The largest absolute Gasteiger partial charge is 0.325 e. The zero-order valence-electron chi connectivity index (χ0n) is 10.7. The summed E-state index contributed by atoms with van der Waals surface area (Å²) in [6, 6.07) is 11.2. The van der Waals surface area contributed by atoms with Gasteiger partial charge in [-0.15, -0.1) is 9.61 Å². The Labute approximate surface area is 120 Å². The zero-order chi connectivity index (χ0) is 13.9. The third-order valence-electron chi connectivity index (χ3n) is 2.80. The summed E-state index contributed by atoms with van der Waals surface area (Å²) in [5.41, 5.74) is 5.32. The average Bonchev–Trinajstić information content (AvgIpc) is 2.92. The lowest BCUT2D eigenvalue weighted by Crippen LogP contribution is -2.24. The molecule has 0 saturated heterocycles. The van der Waals surface area contributed by atoms with E-state index in [1.165, 1.54) is 0 Å². The Bertz CT molecular complexity index is 779. The summed E-state index contributed by atoms with van der Waals surface area (Å²) in [5, 5.41) is 16.0. The first-order valence-corrected chi connectivity index (χ1v) is 6.39. The van der Waals surface area contributed by atoms with Crippen LogP contribution in [0.4, 0.5) is 5.82 Å². The number of hydrazone groups is 1. The van der Waals surface area contributed by atoms with Gasteiger partial charge in [-0.2, -0.15) is 5.10 Å². The number of halogens is 1. The van der Waals surface area contributed by atoms with Gasteiger partial charge < -0.3 is 0 Å². The lowest BCUT2D eigenvalue weighted by atomic mass is 10.1. The monoisotopic (exact) mass is 287 g/mol. The molecule has 7 heteroatoms. The summed E-state index contributed by atoms with van der Waals surface area (Å²) < 4.78 is 1.63. The van der Waals surface area contributed by atoms with Crippen molar-refractivity contribution in [2.45, 2.75) is 6.92 Å². The Morgan fingerprint density at radius 3 is 3.00 bits per heavy atom. The second-order valence-electron chi connectivity index (χ2n) is 4.18. The molecule has 0 aliphatic carbocycles. The van der Waals surface area contributed by atoms with E-state index < -0.39 is 0 Å². The van der Waals surface area contributed by atoms with Crippen LogP contribution in [-0.4, -0.2) is 21.0 Å². The van der Waals surface area contributed by atoms with Crippen LogP contribution in [0.5, 0.6) is 0 Å². The van der Waals surface area contributed by atoms with Gasteiger partial charge in [0.05, 0.1) is 5.71 Å². The first kappa shape index (κ1) is 12.6. The molecule has 3 rings (SSSR count). The van der Waals surface area contributed by atoms with Gasteiger partial charge >= 0.3 is 5.65 Å². The molecule has 0 bridgehead atoms. The number of anilines is 1. The van der Waals surface area contributed by atoms with Crippen LogP contribution < -0.4 is 9.94 Å². The fourth-order valence-corrected chi connectivity index (χ4v) is 2.05. The molecule has 6 nitrogen and oxygen atoms in total. The van der Waals surface area contributed by atoms with Crippen molar-refractivity contribution < 1.29 is 4.52 Å². The Morgan fingerprint density at radius 1 is 1.30 bits per heavy atom. The molecule has 0 radical (unpaired) electrons. The fourth-order valence-electron chi connectivity index (χ4n) is 1.78. The van der Waals surface area contributed by atoms with Gasteiger partial charge in [0.25, 0.3) is 0 Å². The minimum Gasteiger partial charge on any atom is -0.259 e. The molecule has 0 aliphatic rings. The van der Waals surface area contributed by atoms with Crippen molar-refractivity contribution in [3.8, 4) is 0 Å². The van der Waals surface area contributed by atoms with E-state index in [0.717, 1.165) is 16.9 Å². The van der Waals surface area contributed by atoms with Crippen LogP contribution in [0.2, 0.25) is 5.02 Å². The quantitative estimate of drug-likeness (QED) is 0.440. The van der Waals surface area contributed by atoms with Crippen molar-refractivity contribution in [2.75, 3.05) is 5.43 Å². The molecule has 0 fully saturated rings. The Morgan fingerprint density at radius 2 is 2.15 bits per heavy atom.